The molecule has 0 spiro atoms. The van der Waals surface area contributed by atoms with Crippen molar-refractivity contribution in [2.45, 2.75) is 32.0 Å². The van der Waals surface area contributed by atoms with Crippen molar-refractivity contribution < 1.29 is 23.5 Å². The molecule has 202 valence electrons. The Bertz CT molecular complexity index is 1610. The summed E-state index contributed by atoms with van der Waals surface area (Å²) >= 11 is 0. The number of pyridine rings is 1. The number of nitrogens with zero attached hydrogens (tertiary/aromatic N) is 2. The van der Waals surface area contributed by atoms with Crippen molar-refractivity contribution in [2.24, 2.45) is 0 Å². The van der Waals surface area contributed by atoms with E-state index in [-0.39, 0.29) is 48.6 Å². The molecular weight excluding hydrogens is 513 g/mol. The van der Waals surface area contributed by atoms with Crippen LogP contribution in [0.4, 0.5) is 4.39 Å². The molecule has 3 heterocycles. The number of rotatable bonds is 7. The molecule has 0 unspecified atom stereocenters. The molecule has 1 aromatic heterocycles. The molecule has 3 aromatic carbocycles. The van der Waals surface area contributed by atoms with Crippen LogP contribution in [0.1, 0.15) is 43.6 Å². The number of amides is 2. The molecule has 2 aliphatic heterocycles. The fourth-order valence-corrected chi connectivity index (χ4v) is 5.11. The highest BCUT2D eigenvalue weighted by molar-refractivity contribution is 5.99. The first-order valence-corrected chi connectivity index (χ1v) is 13.0. The highest BCUT2D eigenvalue weighted by Crippen LogP contribution is 2.37. The minimum atomic E-state index is -0.679. The Morgan fingerprint density at radius 2 is 1.65 bits per heavy atom. The van der Waals surface area contributed by atoms with Gasteiger partial charge in [-0.05, 0) is 28.8 Å². The maximum atomic E-state index is 14.0. The van der Waals surface area contributed by atoms with E-state index in [0.29, 0.717) is 12.2 Å². The zero-order valence-corrected chi connectivity index (χ0v) is 21.5. The fourth-order valence-electron chi connectivity index (χ4n) is 5.11. The molecule has 4 aromatic rings. The fraction of sp³-hybridized carbons (Fsp3) is 0.194. The maximum Gasteiger partial charge on any atom is 0.277 e. The second-order valence-electron chi connectivity index (χ2n) is 9.71. The van der Waals surface area contributed by atoms with E-state index in [9.17, 15) is 18.8 Å². The van der Waals surface area contributed by atoms with Crippen molar-refractivity contribution >= 4 is 11.8 Å². The van der Waals surface area contributed by atoms with Crippen LogP contribution in [-0.4, -0.2) is 34.1 Å². The Balaban J connectivity index is 1.36. The quantitative estimate of drug-likeness (QED) is 0.383. The van der Waals surface area contributed by atoms with Gasteiger partial charge in [0, 0.05) is 12.7 Å². The minimum absolute atomic E-state index is 0.0407. The third-order valence-electron chi connectivity index (χ3n) is 7.14. The van der Waals surface area contributed by atoms with Gasteiger partial charge >= 0.3 is 0 Å². The molecule has 1 N–H and O–H groups in total. The smallest absolute Gasteiger partial charge is 0.277 e. The van der Waals surface area contributed by atoms with Gasteiger partial charge in [0.2, 0.25) is 5.43 Å². The van der Waals surface area contributed by atoms with Crippen molar-refractivity contribution in [3.05, 3.63) is 135 Å². The number of fused-ring (bicyclic) bond motifs is 2. The first-order valence-electron chi connectivity index (χ1n) is 13.0. The van der Waals surface area contributed by atoms with Crippen molar-refractivity contribution in [1.82, 2.24) is 14.8 Å². The Hall–Kier alpha value is -4.76. The summed E-state index contributed by atoms with van der Waals surface area (Å²) in [5.41, 5.74) is 1.65. The van der Waals surface area contributed by atoms with Gasteiger partial charge in [-0.15, -0.1) is 0 Å². The first-order chi connectivity index (χ1) is 19.5. The number of carbonyl (C=O) groups is 2. The van der Waals surface area contributed by atoms with Crippen LogP contribution in [0.25, 0.3) is 0 Å². The maximum absolute atomic E-state index is 14.0. The number of aromatic nitrogens is 1. The van der Waals surface area contributed by atoms with Gasteiger partial charge in [0.25, 0.3) is 11.8 Å². The molecule has 40 heavy (non-hydrogen) atoms. The van der Waals surface area contributed by atoms with E-state index in [4.69, 9.17) is 9.47 Å². The molecule has 2 atom stereocenters. The van der Waals surface area contributed by atoms with Crippen LogP contribution in [0.3, 0.4) is 0 Å². The molecule has 9 heteroatoms. The lowest BCUT2D eigenvalue weighted by atomic mass is 10.0. The molecule has 1 saturated heterocycles. The summed E-state index contributed by atoms with van der Waals surface area (Å²) in [4.78, 5) is 42.5. The normalized spacial score (nSPS) is 17.7. The van der Waals surface area contributed by atoms with Gasteiger partial charge in [-0.1, -0.05) is 72.8 Å². The lowest BCUT2D eigenvalue weighted by Gasteiger charge is -2.35. The lowest BCUT2D eigenvalue weighted by molar-refractivity contribution is 0.00542. The van der Waals surface area contributed by atoms with Gasteiger partial charge in [0.1, 0.15) is 18.0 Å². The van der Waals surface area contributed by atoms with E-state index in [1.807, 2.05) is 60.7 Å². The van der Waals surface area contributed by atoms with E-state index < -0.39 is 23.5 Å². The molecule has 6 rings (SSSR count). The van der Waals surface area contributed by atoms with Gasteiger partial charge in [-0.25, -0.2) is 4.39 Å². The SMILES string of the molecule is O=C(NCc1ccc(F)cc1)c1cn2c(c(OCc3ccccc3)c1=O)C(=O)N1[C@@H](c3ccccc3)CO[C@@H]1C2. The van der Waals surface area contributed by atoms with Crippen LogP contribution in [0.5, 0.6) is 5.75 Å². The van der Waals surface area contributed by atoms with Crippen molar-refractivity contribution in [2.75, 3.05) is 6.61 Å². The Kier molecular flexibility index (Phi) is 6.88. The molecule has 2 aliphatic rings. The van der Waals surface area contributed by atoms with Gasteiger partial charge < -0.3 is 24.3 Å². The van der Waals surface area contributed by atoms with Crippen LogP contribution in [0.15, 0.2) is 95.9 Å². The number of hydrogen-bond acceptors (Lipinski definition) is 5. The minimum Gasteiger partial charge on any atom is -0.483 e. The van der Waals surface area contributed by atoms with E-state index in [1.54, 1.807) is 21.6 Å². The summed E-state index contributed by atoms with van der Waals surface area (Å²) in [6.07, 6.45) is 0.825. The molecule has 1 fully saturated rings. The van der Waals surface area contributed by atoms with Crippen LogP contribution in [0, 0.1) is 5.82 Å². The van der Waals surface area contributed by atoms with Crippen LogP contribution in [0.2, 0.25) is 0 Å². The van der Waals surface area contributed by atoms with E-state index in [0.717, 1.165) is 11.1 Å². The topological polar surface area (TPSA) is 89.9 Å². The van der Waals surface area contributed by atoms with Crippen LogP contribution >= 0.6 is 0 Å². The third kappa shape index (κ3) is 4.87. The molecule has 0 bridgehead atoms. The summed E-state index contributed by atoms with van der Waals surface area (Å²) in [5.74, 6) is -1.59. The number of ether oxygens (including phenoxy) is 2. The molecular formula is C31H26FN3O5. The predicted octanol–water partition coefficient (Wildman–Crippen LogP) is 4.05. The highest BCUT2D eigenvalue weighted by Gasteiger charge is 2.45. The van der Waals surface area contributed by atoms with E-state index in [2.05, 4.69) is 5.32 Å². The van der Waals surface area contributed by atoms with Crippen molar-refractivity contribution in [3.8, 4) is 5.75 Å². The number of hydrogen-bond donors (Lipinski definition) is 1. The predicted molar refractivity (Wildman–Crippen MR) is 144 cm³/mol. The zero-order chi connectivity index (χ0) is 27.6. The Labute approximate surface area is 229 Å². The average molecular weight is 540 g/mol. The molecule has 2 amide bonds. The van der Waals surface area contributed by atoms with Crippen LogP contribution in [-0.2, 0) is 24.4 Å². The standard InChI is InChI=1S/C31H26FN3O5/c32-23-13-11-20(12-14-23)15-33-30(37)24-16-34-17-26-35(25(19-39-26)22-9-5-2-6-10-22)31(38)27(34)29(28(24)36)40-18-21-7-3-1-4-8-21/h1-14,16,25-26H,15,17-19H2,(H,33,37)/t25-,26-/m1/s1. The molecule has 0 radical (unpaired) electrons. The first kappa shape index (κ1) is 25.5. The Morgan fingerprint density at radius 3 is 2.38 bits per heavy atom. The van der Waals surface area contributed by atoms with Gasteiger partial charge in [-0.2, -0.15) is 0 Å². The average Bonchev–Trinajstić information content (AvgIpc) is 3.41. The van der Waals surface area contributed by atoms with E-state index in [1.165, 1.54) is 18.3 Å². The number of nitrogens with one attached hydrogen (secondary N) is 1. The van der Waals surface area contributed by atoms with Crippen LogP contribution < -0.4 is 15.5 Å². The second kappa shape index (κ2) is 10.8. The lowest BCUT2D eigenvalue weighted by Crippen LogP contribution is -2.47. The monoisotopic (exact) mass is 539 g/mol. The highest BCUT2D eigenvalue weighted by atomic mass is 19.1. The van der Waals surface area contributed by atoms with Gasteiger partial charge in [-0.3, -0.25) is 14.4 Å². The summed E-state index contributed by atoms with van der Waals surface area (Å²) in [7, 11) is 0. The number of carbonyl (C=O) groups excluding carboxylic acids is 2. The van der Waals surface area contributed by atoms with Gasteiger partial charge in [0.15, 0.2) is 17.7 Å². The summed E-state index contributed by atoms with van der Waals surface area (Å²) < 4.78 is 26.8. The second-order valence-corrected chi connectivity index (χ2v) is 9.71. The molecule has 0 aliphatic carbocycles. The Morgan fingerprint density at radius 1 is 0.950 bits per heavy atom. The zero-order valence-electron chi connectivity index (χ0n) is 21.5. The number of benzene rings is 3. The molecule has 0 saturated carbocycles. The largest absolute Gasteiger partial charge is 0.483 e. The van der Waals surface area contributed by atoms with Crippen molar-refractivity contribution in [3.63, 3.8) is 0 Å². The summed E-state index contributed by atoms with van der Waals surface area (Å²) in [6.45, 7) is 0.672. The van der Waals surface area contributed by atoms with Crippen molar-refractivity contribution in [1.29, 1.82) is 0 Å². The number of halogens is 1. The summed E-state index contributed by atoms with van der Waals surface area (Å²) in [5, 5.41) is 2.71. The van der Waals surface area contributed by atoms with E-state index >= 15 is 0 Å². The molecule has 8 nitrogen and oxygen atoms in total. The van der Waals surface area contributed by atoms with Gasteiger partial charge in [0.05, 0.1) is 19.2 Å². The summed E-state index contributed by atoms with van der Waals surface area (Å²) in [6, 6.07) is 24.2. The third-order valence-corrected chi connectivity index (χ3v) is 7.14.